The van der Waals surface area contributed by atoms with Gasteiger partial charge in [-0.05, 0) is 55.2 Å². The zero-order chi connectivity index (χ0) is 13.6. The van der Waals surface area contributed by atoms with Crippen LogP contribution in [-0.2, 0) is 17.2 Å². The SMILES string of the molecule is CCc1ccc(C(=O)O)c(C2CC2)c1[S@](=O)C1CC1. The summed E-state index contributed by atoms with van der Waals surface area (Å²) in [7, 11) is -1.02. The van der Waals surface area contributed by atoms with Crippen molar-refractivity contribution >= 4 is 16.8 Å². The Balaban J connectivity index is 2.18. The monoisotopic (exact) mass is 278 g/mol. The molecular formula is C15H18O3S. The Morgan fingerprint density at radius 2 is 2.00 bits per heavy atom. The molecule has 102 valence electrons. The second-order valence-electron chi connectivity index (χ2n) is 5.44. The van der Waals surface area contributed by atoms with Gasteiger partial charge in [-0.25, -0.2) is 4.79 Å². The Morgan fingerprint density at radius 1 is 1.32 bits per heavy atom. The lowest BCUT2D eigenvalue weighted by molar-refractivity contribution is 0.0695. The summed E-state index contributed by atoms with van der Waals surface area (Å²) in [5, 5.41) is 9.62. The highest BCUT2D eigenvalue weighted by Gasteiger charge is 2.37. The first-order valence-corrected chi connectivity index (χ1v) is 8.14. The fraction of sp³-hybridized carbons (Fsp3) is 0.533. The third kappa shape index (κ3) is 2.34. The van der Waals surface area contributed by atoms with Crippen molar-refractivity contribution in [2.24, 2.45) is 0 Å². The molecule has 0 aromatic heterocycles. The van der Waals surface area contributed by atoms with Crippen LogP contribution < -0.4 is 0 Å². The maximum Gasteiger partial charge on any atom is 0.336 e. The lowest BCUT2D eigenvalue weighted by Gasteiger charge is -2.15. The Labute approximate surface area is 115 Å². The molecule has 1 aromatic carbocycles. The van der Waals surface area contributed by atoms with Gasteiger partial charge in [0.15, 0.2) is 0 Å². The summed E-state index contributed by atoms with van der Waals surface area (Å²) in [6.07, 6.45) is 4.90. The standard InChI is InChI=1S/C15H18O3S/c1-2-9-5-8-12(15(16)17)13(10-3-4-10)14(9)19(18)11-6-7-11/h5,8,10-11H,2-4,6-7H2,1H3,(H,16,17)/t19-/m1/s1. The summed E-state index contributed by atoms with van der Waals surface area (Å²) in [5.41, 5.74) is 2.30. The summed E-state index contributed by atoms with van der Waals surface area (Å²) in [5.74, 6) is -0.575. The molecule has 2 saturated carbocycles. The minimum absolute atomic E-state index is 0.256. The van der Waals surface area contributed by atoms with Gasteiger partial charge in [0.25, 0.3) is 0 Å². The van der Waals surface area contributed by atoms with E-state index in [1.54, 1.807) is 6.07 Å². The van der Waals surface area contributed by atoms with Gasteiger partial charge < -0.3 is 5.11 Å². The Kier molecular flexibility index (Phi) is 3.21. The second kappa shape index (κ2) is 4.75. The van der Waals surface area contributed by atoms with Gasteiger partial charge in [0.2, 0.25) is 0 Å². The van der Waals surface area contributed by atoms with Crippen LogP contribution in [0.5, 0.6) is 0 Å². The highest BCUT2D eigenvalue weighted by atomic mass is 32.2. The van der Waals surface area contributed by atoms with E-state index < -0.39 is 16.8 Å². The number of aromatic carboxylic acids is 1. The van der Waals surface area contributed by atoms with E-state index in [1.807, 2.05) is 13.0 Å². The molecular weight excluding hydrogens is 260 g/mol. The number of hydrogen-bond donors (Lipinski definition) is 1. The highest BCUT2D eigenvalue weighted by Crippen LogP contribution is 2.47. The molecule has 4 heteroatoms. The first-order valence-electron chi connectivity index (χ1n) is 6.93. The van der Waals surface area contributed by atoms with Gasteiger partial charge in [-0.15, -0.1) is 0 Å². The van der Waals surface area contributed by atoms with E-state index >= 15 is 0 Å². The number of aryl methyl sites for hydroxylation is 1. The number of rotatable bonds is 5. The molecule has 2 aliphatic rings. The Bertz CT molecular complexity index is 557. The van der Waals surface area contributed by atoms with Gasteiger partial charge >= 0.3 is 5.97 Å². The summed E-state index contributed by atoms with van der Waals surface area (Å²) in [4.78, 5) is 12.3. The molecule has 3 rings (SSSR count). The third-order valence-corrected chi connectivity index (χ3v) is 5.86. The molecule has 3 nitrogen and oxygen atoms in total. The number of hydrogen-bond acceptors (Lipinski definition) is 2. The predicted octanol–water partition coefficient (Wildman–Crippen LogP) is 3.09. The van der Waals surface area contributed by atoms with Crippen molar-refractivity contribution in [3.8, 4) is 0 Å². The van der Waals surface area contributed by atoms with Gasteiger partial charge in [-0.2, -0.15) is 0 Å². The lowest BCUT2D eigenvalue weighted by atomic mass is 9.99. The molecule has 0 amide bonds. The maximum absolute atomic E-state index is 12.6. The molecule has 0 aliphatic heterocycles. The zero-order valence-corrected chi connectivity index (χ0v) is 11.8. The molecule has 1 aromatic rings. The van der Waals surface area contributed by atoms with E-state index in [0.29, 0.717) is 11.5 Å². The molecule has 0 spiro atoms. The van der Waals surface area contributed by atoms with Crippen molar-refractivity contribution in [1.29, 1.82) is 0 Å². The van der Waals surface area contributed by atoms with Gasteiger partial charge in [0.05, 0.1) is 16.4 Å². The van der Waals surface area contributed by atoms with E-state index in [1.165, 1.54) is 0 Å². The van der Waals surface area contributed by atoms with Crippen LogP contribution in [0.15, 0.2) is 17.0 Å². The number of carboxylic acid groups (broad SMARTS) is 1. The molecule has 0 saturated heterocycles. The average molecular weight is 278 g/mol. The fourth-order valence-corrected chi connectivity index (χ4v) is 4.43. The molecule has 1 atom stereocenters. The van der Waals surface area contributed by atoms with Crippen LogP contribution in [-0.4, -0.2) is 20.5 Å². The molecule has 2 aliphatic carbocycles. The van der Waals surface area contributed by atoms with Crippen molar-refractivity contribution in [3.63, 3.8) is 0 Å². The molecule has 1 N–H and O–H groups in total. The number of carboxylic acids is 1. The third-order valence-electron chi connectivity index (χ3n) is 3.90. The molecule has 2 fully saturated rings. The van der Waals surface area contributed by atoms with E-state index in [4.69, 9.17) is 0 Å². The van der Waals surface area contributed by atoms with E-state index in [9.17, 15) is 14.1 Å². The molecule has 19 heavy (non-hydrogen) atoms. The smallest absolute Gasteiger partial charge is 0.336 e. The van der Waals surface area contributed by atoms with E-state index in [0.717, 1.165) is 48.1 Å². The lowest BCUT2D eigenvalue weighted by Crippen LogP contribution is -2.11. The second-order valence-corrected chi connectivity index (χ2v) is 7.11. The van der Waals surface area contributed by atoms with Crippen molar-refractivity contribution in [1.82, 2.24) is 0 Å². The Hall–Kier alpha value is -1.16. The number of carbonyl (C=O) groups is 1. The van der Waals surface area contributed by atoms with Crippen molar-refractivity contribution in [2.75, 3.05) is 0 Å². The first kappa shape index (κ1) is 12.9. The molecule has 0 unspecified atom stereocenters. The van der Waals surface area contributed by atoms with Crippen LogP contribution in [0.2, 0.25) is 0 Å². The minimum Gasteiger partial charge on any atom is -0.478 e. The summed E-state index contributed by atoms with van der Waals surface area (Å²) < 4.78 is 12.6. The average Bonchev–Trinajstić information content (AvgIpc) is 3.29. The Morgan fingerprint density at radius 3 is 2.47 bits per heavy atom. The van der Waals surface area contributed by atoms with Gasteiger partial charge in [-0.3, -0.25) is 4.21 Å². The summed E-state index contributed by atoms with van der Waals surface area (Å²) in [6, 6.07) is 3.55. The highest BCUT2D eigenvalue weighted by molar-refractivity contribution is 7.86. The fourth-order valence-electron chi connectivity index (χ4n) is 2.57. The minimum atomic E-state index is -1.02. The van der Waals surface area contributed by atoms with E-state index in [2.05, 4.69) is 0 Å². The van der Waals surface area contributed by atoms with Gasteiger partial charge in [0, 0.05) is 10.1 Å². The van der Waals surface area contributed by atoms with Crippen LogP contribution in [0.4, 0.5) is 0 Å². The topological polar surface area (TPSA) is 54.4 Å². The maximum atomic E-state index is 12.6. The van der Waals surface area contributed by atoms with Crippen LogP contribution >= 0.6 is 0 Å². The van der Waals surface area contributed by atoms with Gasteiger partial charge in [-0.1, -0.05) is 13.0 Å². The number of benzene rings is 1. The summed E-state index contributed by atoms with van der Waals surface area (Å²) >= 11 is 0. The predicted molar refractivity (Wildman–Crippen MR) is 74.2 cm³/mol. The van der Waals surface area contributed by atoms with E-state index in [-0.39, 0.29) is 5.25 Å². The van der Waals surface area contributed by atoms with Crippen LogP contribution in [0.25, 0.3) is 0 Å². The van der Waals surface area contributed by atoms with Crippen LogP contribution in [0, 0.1) is 0 Å². The molecule has 0 heterocycles. The zero-order valence-electron chi connectivity index (χ0n) is 11.0. The molecule has 0 bridgehead atoms. The quantitative estimate of drug-likeness (QED) is 0.900. The van der Waals surface area contributed by atoms with Crippen molar-refractivity contribution < 1.29 is 14.1 Å². The normalized spacial score (nSPS) is 20.3. The van der Waals surface area contributed by atoms with Crippen LogP contribution in [0.3, 0.4) is 0 Å². The van der Waals surface area contributed by atoms with Crippen molar-refractivity contribution in [2.45, 2.75) is 55.1 Å². The first-order chi connectivity index (χ1) is 9.13. The van der Waals surface area contributed by atoms with Crippen molar-refractivity contribution in [3.05, 3.63) is 28.8 Å². The largest absolute Gasteiger partial charge is 0.478 e. The summed E-state index contributed by atoms with van der Waals surface area (Å²) in [6.45, 7) is 2.04. The van der Waals surface area contributed by atoms with Gasteiger partial charge in [0.1, 0.15) is 0 Å². The van der Waals surface area contributed by atoms with Crippen LogP contribution in [0.1, 0.15) is 60.0 Å². The molecule has 0 radical (unpaired) electrons.